The van der Waals surface area contributed by atoms with Gasteiger partial charge in [-0.1, -0.05) is 23.7 Å². The fourth-order valence-corrected chi connectivity index (χ4v) is 5.22. The number of methoxy groups -OCH3 is 2. The highest BCUT2D eigenvalue weighted by atomic mass is 35.5. The number of ether oxygens (including phenoxy) is 3. The lowest BCUT2D eigenvalue weighted by Crippen LogP contribution is -2.55. The third-order valence-electron chi connectivity index (χ3n) is 6.96. The molecular weight excluding hydrogens is 528 g/mol. The summed E-state index contributed by atoms with van der Waals surface area (Å²) in [5, 5.41) is 34.0. The SMILES string of the molecule is COCCC(=O)N(Cc1ccc(Cl)cc1)[C@@H]1C=C(C(=O)NCCO)[C@@H]2c3cc(CO)cc(OC)c3O[C@@H]2[C@H]1O. The minimum absolute atomic E-state index is 0.0236. The maximum absolute atomic E-state index is 13.4. The van der Waals surface area contributed by atoms with Gasteiger partial charge in [-0.05, 0) is 41.5 Å². The standard InChI is InChI=1S/C28H33ClN2O8/c1-37-10-7-23(34)31(14-16-3-5-18(29)6-4-16)21-13-20(28(36)30-8-9-32)24-19-11-17(15-33)12-22(38-2)26(19)39-27(24)25(21)35/h3-6,11-13,21,24-25,27,32-33,35H,7-10,14-15H2,1-2H3,(H,30,36)/t21-,24+,25+,27+/m1/s1. The van der Waals surface area contributed by atoms with E-state index in [1.54, 1.807) is 42.5 Å². The Labute approximate surface area is 231 Å². The van der Waals surface area contributed by atoms with Crippen LogP contribution in [0.3, 0.4) is 0 Å². The van der Waals surface area contributed by atoms with Crippen LogP contribution in [0, 0.1) is 0 Å². The molecule has 1 aliphatic heterocycles. The van der Waals surface area contributed by atoms with Crippen molar-refractivity contribution >= 4 is 23.4 Å². The monoisotopic (exact) mass is 560 g/mol. The number of benzene rings is 2. The minimum atomic E-state index is -1.21. The van der Waals surface area contributed by atoms with Crippen LogP contribution in [0.2, 0.25) is 5.02 Å². The van der Waals surface area contributed by atoms with Crippen LogP contribution in [-0.4, -0.2) is 84.3 Å². The molecule has 0 saturated carbocycles. The Morgan fingerprint density at radius 3 is 2.51 bits per heavy atom. The van der Waals surface area contributed by atoms with Crippen LogP contribution in [0.5, 0.6) is 11.5 Å². The van der Waals surface area contributed by atoms with Gasteiger partial charge in [-0.2, -0.15) is 0 Å². The molecule has 2 aliphatic rings. The molecule has 1 aliphatic carbocycles. The highest BCUT2D eigenvalue weighted by Gasteiger charge is 2.51. The van der Waals surface area contributed by atoms with Gasteiger partial charge in [-0.15, -0.1) is 0 Å². The molecule has 2 aromatic carbocycles. The fraction of sp³-hybridized carbons (Fsp3) is 0.429. The Morgan fingerprint density at radius 1 is 1.13 bits per heavy atom. The van der Waals surface area contributed by atoms with Crippen LogP contribution in [0.1, 0.15) is 29.0 Å². The van der Waals surface area contributed by atoms with Crippen LogP contribution in [0.4, 0.5) is 0 Å². The maximum Gasteiger partial charge on any atom is 0.247 e. The van der Waals surface area contributed by atoms with Gasteiger partial charge in [0.15, 0.2) is 11.5 Å². The number of fused-ring (bicyclic) bond motifs is 3. The molecule has 4 atom stereocenters. The predicted molar refractivity (Wildman–Crippen MR) is 143 cm³/mol. The largest absolute Gasteiger partial charge is 0.493 e. The summed E-state index contributed by atoms with van der Waals surface area (Å²) in [6.45, 7) is -0.166. The summed E-state index contributed by atoms with van der Waals surface area (Å²) in [6.07, 6.45) is -0.472. The van der Waals surface area contributed by atoms with Crippen LogP contribution in [0.25, 0.3) is 0 Å². The zero-order chi connectivity index (χ0) is 28.1. The van der Waals surface area contributed by atoms with Crippen LogP contribution in [-0.2, 0) is 27.5 Å². The Hall–Kier alpha value is -3.15. The van der Waals surface area contributed by atoms with Gasteiger partial charge in [0.25, 0.3) is 0 Å². The van der Waals surface area contributed by atoms with Gasteiger partial charge < -0.3 is 39.7 Å². The molecule has 11 heteroatoms. The van der Waals surface area contributed by atoms with Crippen molar-refractivity contribution in [2.24, 2.45) is 0 Å². The van der Waals surface area contributed by atoms with Crippen molar-refractivity contribution in [1.29, 1.82) is 0 Å². The summed E-state index contributed by atoms with van der Waals surface area (Å²) in [5.74, 6) is -0.719. The normalized spacial score (nSPS) is 21.3. The van der Waals surface area contributed by atoms with Crippen molar-refractivity contribution in [3.05, 3.63) is 69.8 Å². The summed E-state index contributed by atoms with van der Waals surface area (Å²) >= 11 is 6.05. The Morgan fingerprint density at radius 2 is 1.87 bits per heavy atom. The van der Waals surface area contributed by atoms with Crippen LogP contribution < -0.4 is 14.8 Å². The lowest BCUT2D eigenvalue weighted by atomic mass is 9.77. The first-order chi connectivity index (χ1) is 18.8. The first-order valence-corrected chi connectivity index (χ1v) is 13.0. The van der Waals surface area contributed by atoms with Crippen molar-refractivity contribution in [2.45, 2.75) is 43.7 Å². The van der Waals surface area contributed by atoms with E-state index in [9.17, 15) is 24.9 Å². The molecule has 4 N–H and O–H groups in total. The molecule has 0 spiro atoms. The van der Waals surface area contributed by atoms with E-state index in [0.717, 1.165) is 5.56 Å². The van der Waals surface area contributed by atoms with Gasteiger partial charge in [-0.3, -0.25) is 9.59 Å². The van der Waals surface area contributed by atoms with E-state index in [1.807, 2.05) is 0 Å². The van der Waals surface area contributed by atoms with Crippen molar-refractivity contribution in [3.63, 3.8) is 0 Å². The van der Waals surface area contributed by atoms with Gasteiger partial charge >= 0.3 is 0 Å². The van der Waals surface area contributed by atoms with Crippen molar-refractivity contribution in [1.82, 2.24) is 10.2 Å². The highest BCUT2D eigenvalue weighted by Crippen LogP contribution is 2.51. The molecule has 0 radical (unpaired) electrons. The molecule has 4 rings (SSSR count). The van der Waals surface area contributed by atoms with Crippen molar-refractivity contribution in [2.75, 3.05) is 34.0 Å². The van der Waals surface area contributed by atoms with E-state index in [0.29, 0.717) is 27.6 Å². The van der Waals surface area contributed by atoms with Crippen molar-refractivity contribution in [3.8, 4) is 11.5 Å². The number of halogens is 1. The molecule has 210 valence electrons. The Kier molecular flexibility index (Phi) is 9.47. The quantitative estimate of drug-likeness (QED) is 0.325. The summed E-state index contributed by atoms with van der Waals surface area (Å²) in [4.78, 5) is 28.3. The lowest BCUT2D eigenvalue weighted by Gasteiger charge is -2.40. The Bertz CT molecular complexity index is 1220. The second-order valence-electron chi connectivity index (χ2n) is 9.41. The van der Waals surface area contributed by atoms with Crippen LogP contribution >= 0.6 is 11.6 Å². The molecular formula is C28H33ClN2O8. The number of carbonyl (C=O) groups excluding carboxylic acids is 2. The van der Waals surface area contributed by atoms with E-state index in [2.05, 4.69) is 5.32 Å². The average molecular weight is 561 g/mol. The van der Waals surface area contributed by atoms with Crippen molar-refractivity contribution < 1.29 is 39.1 Å². The molecule has 2 aromatic rings. The summed E-state index contributed by atoms with van der Waals surface area (Å²) in [6, 6.07) is 9.45. The Balaban J connectivity index is 1.80. The maximum atomic E-state index is 13.4. The second kappa shape index (κ2) is 12.8. The number of nitrogens with one attached hydrogen (secondary N) is 1. The number of aliphatic hydroxyl groups is 3. The number of carbonyl (C=O) groups is 2. The summed E-state index contributed by atoms with van der Waals surface area (Å²) in [5.41, 5.74) is 2.20. The third-order valence-corrected chi connectivity index (χ3v) is 7.21. The zero-order valence-corrected chi connectivity index (χ0v) is 22.6. The van der Waals surface area contributed by atoms with Crippen LogP contribution in [0.15, 0.2) is 48.0 Å². The first-order valence-electron chi connectivity index (χ1n) is 12.6. The molecule has 0 unspecified atom stereocenters. The zero-order valence-electron chi connectivity index (χ0n) is 21.8. The predicted octanol–water partition coefficient (Wildman–Crippen LogP) is 1.53. The number of rotatable bonds is 11. The average Bonchev–Trinajstić information content (AvgIpc) is 3.34. The highest BCUT2D eigenvalue weighted by molar-refractivity contribution is 6.30. The van der Waals surface area contributed by atoms with Gasteiger partial charge in [0.1, 0.15) is 12.2 Å². The molecule has 10 nitrogen and oxygen atoms in total. The molecule has 0 bridgehead atoms. The van der Waals surface area contributed by atoms with E-state index >= 15 is 0 Å². The number of nitrogens with zero attached hydrogens (tertiary/aromatic N) is 1. The lowest BCUT2D eigenvalue weighted by molar-refractivity contribution is -0.139. The van der Waals surface area contributed by atoms with Gasteiger partial charge in [-0.25, -0.2) is 0 Å². The number of amides is 2. The van der Waals surface area contributed by atoms with E-state index in [-0.39, 0.29) is 50.8 Å². The molecule has 0 fully saturated rings. The van der Waals surface area contributed by atoms with E-state index < -0.39 is 30.1 Å². The van der Waals surface area contributed by atoms with E-state index in [4.69, 9.17) is 25.8 Å². The van der Waals surface area contributed by atoms with Gasteiger partial charge in [0.2, 0.25) is 11.8 Å². The first kappa shape index (κ1) is 28.8. The van der Waals surface area contributed by atoms with E-state index in [1.165, 1.54) is 19.1 Å². The van der Waals surface area contributed by atoms with Gasteiger partial charge in [0.05, 0.1) is 45.3 Å². The second-order valence-corrected chi connectivity index (χ2v) is 9.84. The molecule has 2 amide bonds. The number of hydrogen-bond donors (Lipinski definition) is 4. The topological polar surface area (TPSA) is 138 Å². The van der Waals surface area contributed by atoms with Gasteiger partial charge in [0, 0.05) is 36.4 Å². The molecule has 0 saturated heterocycles. The molecule has 0 aromatic heterocycles. The minimum Gasteiger partial charge on any atom is -0.493 e. The fourth-order valence-electron chi connectivity index (χ4n) is 5.10. The molecule has 1 heterocycles. The summed E-state index contributed by atoms with van der Waals surface area (Å²) in [7, 11) is 2.96. The molecule has 39 heavy (non-hydrogen) atoms. The smallest absolute Gasteiger partial charge is 0.247 e. The summed E-state index contributed by atoms with van der Waals surface area (Å²) < 4.78 is 16.8. The third kappa shape index (κ3) is 6.05. The number of hydrogen-bond acceptors (Lipinski definition) is 8. The number of aliphatic hydroxyl groups excluding tert-OH is 3.